The van der Waals surface area contributed by atoms with Crippen molar-refractivity contribution in [2.45, 2.75) is 84.2 Å². The van der Waals surface area contributed by atoms with Crippen LogP contribution in [-0.4, -0.2) is 57.5 Å². The van der Waals surface area contributed by atoms with Crippen LogP contribution < -0.4 is 10.4 Å². The summed E-state index contributed by atoms with van der Waals surface area (Å²) < 4.78 is 30.2. The van der Waals surface area contributed by atoms with E-state index in [0.717, 1.165) is 0 Å². The van der Waals surface area contributed by atoms with Crippen molar-refractivity contribution in [1.82, 2.24) is 4.98 Å². The van der Waals surface area contributed by atoms with Gasteiger partial charge in [-0.15, -0.1) is 0 Å². The SMILES string of the molecule is CC(=O)OCC1(C)C2C[C@H](OC(=O)Cc3ccc(O)cc3)[C@@]3(C)Oc4cc(-c5cccnc5)oc(=O)c4[C@H](O)C3[C@@]2(C)CC[C@@H]1OC(C)=O. The lowest BCUT2D eigenvalue weighted by molar-refractivity contribution is -0.271. The number of pyridine rings is 1. The largest absolute Gasteiger partial charge is 0.508 e. The molecule has 49 heavy (non-hydrogen) atoms. The topological polar surface area (TPSA) is 172 Å². The number of hydrogen-bond acceptors (Lipinski definition) is 12. The zero-order valence-electron chi connectivity index (χ0n) is 28.1. The second-order valence-electron chi connectivity index (χ2n) is 14.2. The summed E-state index contributed by atoms with van der Waals surface area (Å²) in [4.78, 5) is 55.8. The van der Waals surface area contributed by atoms with Crippen LogP contribution in [0.25, 0.3) is 11.3 Å². The van der Waals surface area contributed by atoms with Gasteiger partial charge in [-0.1, -0.05) is 26.0 Å². The third-order valence-corrected chi connectivity index (χ3v) is 11.0. The minimum Gasteiger partial charge on any atom is -0.508 e. The molecule has 0 bridgehead atoms. The second-order valence-corrected chi connectivity index (χ2v) is 14.2. The highest BCUT2D eigenvalue weighted by molar-refractivity contribution is 5.73. The standard InChI is InChI=1S/C37H41NO11/c1-20(39)45-19-36(4)27-17-29(48-30(42)15-22-8-10-24(41)11-9-22)37(5)33(35(27,3)13-12-28(36)46-21(2)40)32(43)31-26(49-37)16-25(47-34(31)44)23-7-6-14-38-18-23/h6-11,14,16,18,27-29,32-33,41,43H,12-13,15,17,19H2,1-5H3/t27?,28-,29-,32-,33?,35-,36?,37+/m0/s1. The Bertz CT molecular complexity index is 1810. The number of aliphatic hydroxyl groups is 1. The highest BCUT2D eigenvalue weighted by Gasteiger charge is 2.71. The number of phenols is 1. The zero-order chi connectivity index (χ0) is 35.3. The molecule has 12 nitrogen and oxygen atoms in total. The average Bonchev–Trinajstić information content (AvgIpc) is 3.03. The van der Waals surface area contributed by atoms with Crippen LogP contribution in [0.4, 0.5) is 0 Å². The Morgan fingerprint density at radius 3 is 2.41 bits per heavy atom. The number of fused-ring (bicyclic) bond motifs is 4. The summed E-state index contributed by atoms with van der Waals surface area (Å²) in [7, 11) is 0. The van der Waals surface area contributed by atoms with Gasteiger partial charge in [-0.25, -0.2) is 4.79 Å². The Kier molecular flexibility index (Phi) is 8.81. The molecule has 0 radical (unpaired) electrons. The second kappa shape index (κ2) is 12.6. The van der Waals surface area contributed by atoms with Gasteiger partial charge in [-0.05, 0) is 67.3 Å². The van der Waals surface area contributed by atoms with Crippen LogP contribution >= 0.6 is 0 Å². The molecule has 12 heteroatoms. The average molecular weight is 676 g/mol. The maximum atomic E-state index is 13.6. The number of hydrogen-bond donors (Lipinski definition) is 2. The number of aromatic hydroxyl groups is 1. The number of esters is 3. The Morgan fingerprint density at radius 1 is 1.02 bits per heavy atom. The first-order valence-electron chi connectivity index (χ1n) is 16.4. The molecule has 3 aromatic rings. The van der Waals surface area contributed by atoms with E-state index < -0.39 is 70.1 Å². The van der Waals surface area contributed by atoms with Crippen molar-refractivity contribution in [3.05, 3.63) is 76.4 Å². The molecule has 2 fully saturated rings. The van der Waals surface area contributed by atoms with Crippen molar-refractivity contribution in [2.75, 3.05) is 6.61 Å². The van der Waals surface area contributed by atoms with Crippen molar-refractivity contribution in [3.63, 3.8) is 0 Å². The monoisotopic (exact) mass is 675 g/mol. The van der Waals surface area contributed by atoms with Gasteiger partial charge in [0.05, 0.1) is 12.5 Å². The quantitative estimate of drug-likeness (QED) is 0.262. The Labute approximate surface area is 283 Å². The molecule has 2 aliphatic carbocycles. The van der Waals surface area contributed by atoms with Crippen molar-refractivity contribution in [2.24, 2.45) is 22.7 Å². The fraction of sp³-hybridized carbons (Fsp3) is 0.486. The van der Waals surface area contributed by atoms with Gasteiger partial charge in [0, 0.05) is 49.2 Å². The van der Waals surface area contributed by atoms with E-state index in [9.17, 15) is 29.4 Å². The number of phenolic OH excluding ortho intramolecular Hbond substituents is 1. The highest BCUT2D eigenvalue weighted by atomic mass is 16.6. The number of carbonyl (C=O) groups is 3. The maximum absolute atomic E-state index is 13.6. The lowest BCUT2D eigenvalue weighted by atomic mass is 9.42. The van der Waals surface area contributed by atoms with Gasteiger partial charge in [-0.2, -0.15) is 0 Å². The Morgan fingerprint density at radius 2 is 1.76 bits per heavy atom. The normalized spacial score (nSPS) is 31.6. The first kappa shape index (κ1) is 34.2. The van der Waals surface area contributed by atoms with Gasteiger partial charge in [0.2, 0.25) is 0 Å². The Balaban J connectivity index is 1.47. The summed E-state index contributed by atoms with van der Waals surface area (Å²) in [6, 6.07) is 11.2. The maximum Gasteiger partial charge on any atom is 0.345 e. The molecule has 3 unspecified atom stereocenters. The summed E-state index contributed by atoms with van der Waals surface area (Å²) in [5.41, 5.74) is -2.78. The van der Waals surface area contributed by atoms with E-state index in [1.807, 2.05) is 13.8 Å². The Hall–Kier alpha value is -4.71. The summed E-state index contributed by atoms with van der Waals surface area (Å²) >= 11 is 0. The van der Waals surface area contributed by atoms with Gasteiger partial charge in [0.25, 0.3) is 0 Å². The third-order valence-electron chi connectivity index (χ3n) is 11.0. The molecule has 2 aromatic heterocycles. The number of nitrogens with zero attached hydrogens (tertiary/aromatic N) is 1. The lowest BCUT2D eigenvalue weighted by Crippen LogP contribution is -2.71. The lowest BCUT2D eigenvalue weighted by Gasteiger charge is -2.66. The van der Waals surface area contributed by atoms with Gasteiger partial charge < -0.3 is 33.6 Å². The number of benzene rings is 1. The zero-order valence-corrected chi connectivity index (χ0v) is 28.1. The number of aromatic nitrogens is 1. The molecule has 0 saturated heterocycles. The van der Waals surface area contributed by atoms with Crippen LogP contribution in [0.1, 0.15) is 71.1 Å². The van der Waals surface area contributed by atoms with Gasteiger partial charge in [0.15, 0.2) is 0 Å². The molecule has 1 aliphatic heterocycles. The highest BCUT2D eigenvalue weighted by Crippen LogP contribution is 2.67. The number of rotatable bonds is 7. The van der Waals surface area contributed by atoms with Gasteiger partial charge in [0.1, 0.15) is 47.2 Å². The van der Waals surface area contributed by atoms with Crippen LogP contribution in [0.2, 0.25) is 0 Å². The fourth-order valence-corrected chi connectivity index (χ4v) is 8.82. The smallest absolute Gasteiger partial charge is 0.345 e. The van der Waals surface area contributed by atoms with Crippen molar-refractivity contribution >= 4 is 17.9 Å². The first-order chi connectivity index (χ1) is 23.2. The number of ether oxygens (including phenoxy) is 4. The number of aliphatic hydroxyl groups excluding tert-OH is 1. The van der Waals surface area contributed by atoms with Crippen LogP contribution in [0.3, 0.4) is 0 Å². The summed E-state index contributed by atoms with van der Waals surface area (Å²) in [5, 5.41) is 22.0. The molecular weight excluding hydrogens is 634 g/mol. The first-order valence-corrected chi connectivity index (χ1v) is 16.4. The van der Waals surface area contributed by atoms with E-state index in [1.165, 1.54) is 26.0 Å². The summed E-state index contributed by atoms with van der Waals surface area (Å²) in [5.74, 6) is -2.48. The third kappa shape index (κ3) is 6.07. The van der Waals surface area contributed by atoms with E-state index in [0.29, 0.717) is 24.0 Å². The van der Waals surface area contributed by atoms with Crippen LogP contribution in [0, 0.1) is 22.7 Å². The summed E-state index contributed by atoms with van der Waals surface area (Å²) in [6.45, 7) is 8.18. The molecule has 3 heterocycles. The van der Waals surface area contributed by atoms with E-state index in [2.05, 4.69) is 4.98 Å². The van der Waals surface area contributed by atoms with Gasteiger partial charge >= 0.3 is 23.5 Å². The molecule has 2 saturated carbocycles. The molecule has 6 rings (SSSR count). The van der Waals surface area contributed by atoms with Crippen molar-refractivity contribution in [3.8, 4) is 22.8 Å². The minimum atomic E-state index is -1.40. The predicted molar refractivity (Wildman–Crippen MR) is 173 cm³/mol. The molecular formula is C37H41NO11. The van der Waals surface area contributed by atoms with E-state index in [4.69, 9.17) is 23.4 Å². The minimum absolute atomic E-state index is 0.0463. The van der Waals surface area contributed by atoms with E-state index in [-0.39, 0.29) is 42.3 Å². The molecule has 8 atom stereocenters. The predicted octanol–water partition coefficient (Wildman–Crippen LogP) is 4.68. The molecule has 0 amide bonds. The van der Waals surface area contributed by atoms with E-state index >= 15 is 0 Å². The van der Waals surface area contributed by atoms with E-state index in [1.54, 1.807) is 49.6 Å². The molecule has 0 spiro atoms. The molecule has 3 aliphatic rings. The molecule has 1 aromatic carbocycles. The number of carbonyl (C=O) groups excluding carboxylic acids is 3. The fourth-order valence-electron chi connectivity index (χ4n) is 8.82. The van der Waals surface area contributed by atoms with Crippen LogP contribution in [0.5, 0.6) is 11.5 Å². The van der Waals surface area contributed by atoms with Crippen LogP contribution in [-0.2, 0) is 35.0 Å². The summed E-state index contributed by atoms with van der Waals surface area (Å²) in [6.07, 6.45) is 1.06. The molecule has 260 valence electrons. The molecule has 2 N–H and O–H groups in total. The van der Waals surface area contributed by atoms with Gasteiger partial charge in [-0.3, -0.25) is 19.4 Å². The van der Waals surface area contributed by atoms with Crippen molar-refractivity contribution < 1.29 is 48.0 Å². The van der Waals surface area contributed by atoms with Crippen LogP contribution in [0.15, 0.2) is 64.1 Å². The van der Waals surface area contributed by atoms with Crippen molar-refractivity contribution in [1.29, 1.82) is 0 Å².